The van der Waals surface area contributed by atoms with E-state index in [9.17, 15) is 5.11 Å². The topological polar surface area (TPSA) is 49.5 Å². The first-order valence-electron chi connectivity index (χ1n) is 5.95. The molecule has 1 aromatic rings. The van der Waals surface area contributed by atoms with E-state index in [4.69, 9.17) is 5.73 Å². The zero-order chi connectivity index (χ0) is 13.2. The van der Waals surface area contributed by atoms with Crippen molar-refractivity contribution in [2.75, 3.05) is 13.6 Å². The third-order valence-corrected chi connectivity index (χ3v) is 3.73. The van der Waals surface area contributed by atoms with Gasteiger partial charge in [0.05, 0.1) is 11.6 Å². The summed E-state index contributed by atoms with van der Waals surface area (Å²) in [6, 6.07) is 4.46. The van der Waals surface area contributed by atoms with E-state index >= 15 is 0 Å². The number of thiophene rings is 1. The van der Waals surface area contributed by atoms with Gasteiger partial charge in [-0.15, -0.1) is 11.3 Å². The van der Waals surface area contributed by atoms with Crippen molar-refractivity contribution in [3.8, 4) is 0 Å². The van der Waals surface area contributed by atoms with E-state index in [1.54, 1.807) is 11.3 Å². The van der Waals surface area contributed by atoms with Crippen LogP contribution in [-0.4, -0.2) is 35.2 Å². The third-order valence-electron chi connectivity index (χ3n) is 2.66. The minimum absolute atomic E-state index is 0.0420. The average Bonchev–Trinajstić information content (AvgIpc) is 2.47. The molecule has 3 nitrogen and oxygen atoms in total. The van der Waals surface area contributed by atoms with Gasteiger partial charge in [0, 0.05) is 22.3 Å². The van der Waals surface area contributed by atoms with E-state index in [0.29, 0.717) is 6.54 Å². The van der Waals surface area contributed by atoms with E-state index in [1.165, 1.54) is 9.75 Å². The molecule has 0 saturated heterocycles. The summed E-state index contributed by atoms with van der Waals surface area (Å²) in [5.41, 5.74) is 5.38. The average molecular weight is 256 g/mol. The summed E-state index contributed by atoms with van der Waals surface area (Å²) in [7, 11) is 2.01. The number of nitrogens with zero attached hydrogens (tertiary/aromatic N) is 1. The maximum atomic E-state index is 9.89. The first-order valence-corrected chi connectivity index (χ1v) is 6.77. The van der Waals surface area contributed by atoms with Gasteiger partial charge in [0.15, 0.2) is 0 Å². The van der Waals surface area contributed by atoms with Gasteiger partial charge in [-0.1, -0.05) is 0 Å². The Morgan fingerprint density at radius 2 is 2.06 bits per heavy atom. The monoisotopic (exact) mass is 256 g/mol. The van der Waals surface area contributed by atoms with Crippen molar-refractivity contribution in [2.24, 2.45) is 5.73 Å². The molecule has 0 fully saturated rings. The Morgan fingerprint density at radius 3 is 2.41 bits per heavy atom. The summed E-state index contributed by atoms with van der Waals surface area (Å²) in [6.45, 7) is 8.36. The molecule has 0 spiro atoms. The summed E-state index contributed by atoms with van der Waals surface area (Å²) in [4.78, 5) is 4.70. The Hall–Kier alpha value is -0.420. The number of likely N-dealkylation sites (N-methyl/N-ethyl adjacent to an activating group) is 1. The first kappa shape index (κ1) is 14.6. The molecule has 0 aliphatic heterocycles. The van der Waals surface area contributed by atoms with Gasteiger partial charge < -0.3 is 10.8 Å². The van der Waals surface area contributed by atoms with Crippen LogP contribution in [-0.2, 0) is 0 Å². The Balaban J connectivity index is 2.86. The van der Waals surface area contributed by atoms with Crippen LogP contribution < -0.4 is 5.73 Å². The molecule has 0 bridgehead atoms. The summed E-state index contributed by atoms with van der Waals surface area (Å²) < 4.78 is 0. The second-order valence-electron chi connectivity index (χ2n) is 5.48. The molecule has 98 valence electrons. The highest BCUT2D eigenvalue weighted by molar-refractivity contribution is 7.12. The highest BCUT2D eigenvalue weighted by atomic mass is 32.1. The van der Waals surface area contributed by atoms with E-state index in [2.05, 4.69) is 24.0 Å². The molecular formula is C13H24N2OS. The number of nitrogens with two attached hydrogens (primary N) is 1. The van der Waals surface area contributed by atoms with Gasteiger partial charge in [0.2, 0.25) is 0 Å². The standard InChI is InChI=1S/C13H24N2OS/c1-9-6-7-11(17-9)12(10(2)14)15(5)8-13(3,4)16/h6-7,10,12,16H,8,14H2,1-5H3. The summed E-state index contributed by atoms with van der Waals surface area (Å²) in [5.74, 6) is 0. The molecule has 17 heavy (non-hydrogen) atoms. The van der Waals surface area contributed by atoms with Crippen LogP contribution in [0.4, 0.5) is 0 Å². The Labute approximate surface area is 108 Å². The number of aryl methyl sites for hydroxylation is 1. The normalized spacial score (nSPS) is 16.2. The molecule has 0 radical (unpaired) electrons. The Morgan fingerprint density at radius 1 is 1.47 bits per heavy atom. The van der Waals surface area contributed by atoms with Crippen molar-refractivity contribution in [1.82, 2.24) is 4.90 Å². The number of hydrogen-bond donors (Lipinski definition) is 2. The molecular weight excluding hydrogens is 232 g/mol. The lowest BCUT2D eigenvalue weighted by Gasteiger charge is -2.34. The van der Waals surface area contributed by atoms with Gasteiger partial charge in [-0.05, 0) is 46.9 Å². The Kier molecular flexibility index (Phi) is 4.72. The fourth-order valence-corrected chi connectivity index (χ4v) is 3.36. The van der Waals surface area contributed by atoms with Crippen molar-refractivity contribution in [2.45, 2.75) is 45.4 Å². The fraction of sp³-hybridized carbons (Fsp3) is 0.692. The van der Waals surface area contributed by atoms with Crippen molar-refractivity contribution in [1.29, 1.82) is 0 Å². The van der Waals surface area contributed by atoms with Gasteiger partial charge in [0.1, 0.15) is 0 Å². The lowest BCUT2D eigenvalue weighted by atomic mass is 10.0. The van der Waals surface area contributed by atoms with E-state index in [0.717, 1.165) is 0 Å². The second kappa shape index (κ2) is 5.48. The summed E-state index contributed by atoms with van der Waals surface area (Å²) in [6.07, 6.45) is 0. The van der Waals surface area contributed by atoms with E-state index in [-0.39, 0.29) is 12.1 Å². The van der Waals surface area contributed by atoms with Crippen LogP contribution in [0.1, 0.15) is 36.6 Å². The maximum Gasteiger partial charge on any atom is 0.0718 e. The van der Waals surface area contributed by atoms with Crippen LogP contribution >= 0.6 is 11.3 Å². The van der Waals surface area contributed by atoms with Crippen LogP contribution in [0, 0.1) is 6.92 Å². The largest absolute Gasteiger partial charge is 0.389 e. The molecule has 3 N–H and O–H groups in total. The first-order chi connectivity index (χ1) is 7.70. The SMILES string of the molecule is Cc1ccc(C(C(C)N)N(C)CC(C)(C)O)s1. The number of hydrogen-bond acceptors (Lipinski definition) is 4. The molecule has 0 aliphatic carbocycles. The van der Waals surface area contributed by atoms with Crippen molar-refractivity contribution in [3.63, 3.8) is 0 Å². The molecule has 1 aromatic heterocycles. The molecule has 1 rings (SSSR count). The van der Waals surface area contributed by atoms with Gasteiger partial charge in [-0.2, -0.15) is 0 Å². The van der Waals surface area contributed by atoms with Crippen molar-refractivity contribution in [3.05, 3.63) is 21.9 Å². The van der Waals surface area contributed by atoms with E-state index < -0.39 is 5.60 Å². The zero-order valence-corrected chi connectivity index (χ0v) is 12.2. The minimum Gasteiger partial charge on any atom is -0.389 e. The van der Waals surface area contributed by atoms with Gasteiger partial charge >= 0.3 is 0 Å². The zero-order valence-electron chi connectivity index (χ0n) is 11.4. The van der Waals surface area contributed by atoms with E-state index in [1.807, 2.05) is 27.8 Å². The highest BCUT2D eigenvalue weighted by Crippen LogP contribution is 2.29. The highest BCUT2D eigenvalue weighted by Gasteiger charge is 2.26. The van der Waals surface area contributed by atoms with Crippen LogP contribution in [0.25, 0.3) is 0 Å². The smallest absolute Gasteiger partial charge is 0.0718 e. The predicted octanol–water partition coefficient (Wildman–Crippen LogP) is 2.15. The second-order valence-corrected chi connectivity index (χ2v) is 6.80. The van der Waals surface area contributed by atoms with Crippen LogP contribution in [0.5, 0.6) is 0 Å². The molecule has 0 amide bonds. The lowest BCUT2D eigenvalue weighted by molar-refractivity contribution is 0.0283. The molecule has 2 atom stereocenters. The van der Waals surface area contributed by atoms with Crippen molar-refractivity contribution >= 4 is 11.3 Å². The van der Waals surface area contributed by atoms with Gasteiger partial charge in [-0.3, -0.25) is 4.90 Å². The van der Waals surface area contributed by atoms with Gasteiger partial charge in [0.25, 0.3) is 0 Å². The van der Waals surface area contributed by atoms with Crippen molar-refractivity contribution < 1.29 is 5.11 Å². The predicted molar refractivity (Wildman–Crippen MR) is 74.4 cm³/mol. The molecule has 1 heterocycles. The lowest BCUT2D eigenvalue weighted by Crippen LogP contribution is -2.43. The molecule has 0 aliphatic rings. The Bertz CT molecular complexity index is 355. The third kappa shape index (κ3) is 4.39. The summed E-state index contributed by atoms with van der Waals surface area (Å²) >= 11 is 1.78. The van der Waals surface area contributed by atoms with Gasteiger partial charge in [-0.25, -0.2) is 0 Å². The number of aliphatic hydroxyl groups is 1. The maximum absolute atomic E-state index is 9.89. The number of rotatable bonds is 5. The molecule has 4 heteroatoms. The quantitative estimate of drug-likeness (QED) is 0.848. The van der Waals surface area contributed by atoms with Crippen LogP contribution in [0.15, 0.2) is 12.1 Å². The van der Waals surface area contributed by atoms with Crippen LogP contribution in [0.2, 0.25) is 0 Å². The molecule has 2 unspecified atom stereocenters. The minimum atomic E-state index is -0.700. The molecule has 0 saturated carbocycles. The molecule has 0 aromatic carbocycles. The summed E-state index contributed by atoms with van der Waals surface area (Å²) in [5, 5.41) is 9.89. The van der Waals surface area contributed by atoms with Crippen LogP contribution in [0.3, 0.4) is 0 Å². The fourth-order valence-electron chi connectivity index (χ4n) is 2.20.